The highest BCUT2D eigenvalue weighted by molar-refractivity contribution is 6.01. The number of amides is 3. The maximum absolute atomic E-state index is 13.5. The first kappa shape index (κ1) is 20.2. The molecular weight excluding hydrogens is 350 g/mol. The number of urea groups is 1. The second-order valence-corrected chi connectivity index (χ2v) is 8.35. The molecule has 0 radical (unpaired) electrons. The van der Waals surface area contributed by atoms with Crippen LogP contribution in [0.25, 0.3) is 0 Å². The molecule has 1 N–H and O–H groups in total. The molecule has 2 aliphatic rings. The lowest BCUT2D eigenvalue weighted by Gasteiger charge is -2.33. The Hall–Kier alpha value is -2.56. The molecule has 0 saturated heterocycles. The Balaban J connectivity index is 2.12. The normalized spacial score (nSPS) is 20.6. The van der Waals surface area contributed by atoms with Gasteiger partial charge >= 0.3 is 6.03 Å². The molecule has 1 aromatic carbocycles. The average molecular weight is 382 g/mol. The Bertz CT molecular complexity index is 869. The van der Waals surface area contributed by atoms with Crippen LogP contribution in [-0.4, -0.2) is 40.9 Å². The number of carbonyl (C=O) groups excluding carboxylic acids is 2. The number of rotatable bonds is 5. The summed E-state index contributed by atoms with van der Waals surface area (Å²) in [6, 6.07) is 3.74. The molecule has 0 spiro atoms. The topological polar surface area (TPSA) is 52.7 Å². The van der Waals surface area contributed by atoms with Gasteiger partial charge in [0.25, 0.3) is 5.91 Å². The van der Waals surface area contributed by atoms with Crippen molar-refractivity contribution in [3.05, 3.63) is 58.3 Å². The third-order valence-corrected chi connectivity index (χ3v) is 6.21. The van der Waals surface area contributed by atoms with E-state index in [0.717, 1.165) is 22.4 Å². The third kappa shape index (κ3) is 3.23. The van der Waals surface area contributed by atoms with Gasteiger partial charge in [-0.1, -0.05) is 32.1 Å². The van der Waals surface area contributed by atoms with Crippen LogP contribution >= 0.6 is 0 Å². The van der Waals surface area contributed by atoms with Crippen molar-refractivity contribution in [3.8, 4) is 0 Å². The van der Waals surface area contributed by atoms with Crippen molar-refractivity contribution in [1.82, 2.24) is 15.1 Å². The van der Waals surface area contributed by atoms with Crippen LogP contribution in [0.3, 0.4) is 0 Å². The highest BCUT2D eigenvalue weighted by Gasteiger charge is 2.45. The number of nitrogens with zero attached hydrogens (tertiary/aromatic N) is 2. The number of carbonyl (C=O) groups is 2. The van der Waals surface area contributed by atoms with Crippen LogP contribution in [0.15, 0.2) is 36.1 Å². The second kappa shape index (κ2) is 7.46. The number of benzene rings is 1. The molecule has 0 aliphatic carbocycles. The van der Waals surface area contributed by atoms with Crippen molar-refractivity contribution < 1.29 is 9.59 Å². The molecule has 0 saturated carbocycles. The molecule has 2 heterocycles. The lowest BCUT2D eigenvalue weighted by molar-refractivity contribution is -0.128. The number of hydrogen-bond donors (Lipinski definition) is 1. The largest absolute Gasteiger partial charge is 0.330 e. The Morgan fingerprint density at radius 3 is 2.39 bits per heavy atom. The van der Waals surface area contributed by atoms with Crippen molar-refractivity contribution in [2.75, 3.05) is 13.1 Å². The summed E-state index contributed by atoms with van der Waals surface area (Å²) in [7, 11) is 0. The van der Waals surface area contributed by atoms with Gasteiger partial charge in [-0.2, -0.15) is 0 Å². The minimum atomic E-state index is -0.417. The maximum Gasteiger partial charge on any atom is 0.322 e. The fourth-order valence-corrected chi connectivity index (χ4v) is 4.05. The quantitative estimate of drug-likeness (QED) is 0.784. The molecule has 5 nitrogen and oxygen atoms in total. The van der Waals surface area contributed by atoms with E-state index in [-0.39, 0.29) is 18.0 Å². The summed E-state index contributed by atoms with van der Waals surface area (Å²) in [5.74, 6) is 0.358. The molecule has 0 fully saturated rings. The number of nitrogens with one attached hydrogen (secondary N) is 1. The Labute approximate surface area is 168 Å². The van der Waals surface area contributed by atoms with E-state index in [1.165, 1.54) is 5.56 Å². The smallest absolute Gasteiger partial charge is 0.322 e. The molecule has 3 rings (SSSR count). The Morgan fingerprint density at radius 2 is 1.79 bits per heavy atom. The highest BCUT2D eigenvalue weighted by Crippen LogP contribution is 2.39. The first-order valence-corrected chi connectivity index (χ1v) is 9.98. The van der Waals surface area contributed by atoms with Gasteiger partial charge in [0.2, 0.25) is 0 Å². The molecule has 2 atom stereocenters. The average Bonchev–Trinajstić information content (AvgIpc) is 2.97. The van der Waals surface area contributed by atoms with Crippen molar-refractivity contribution in [1.29, 1.82) is 0 Å². The molecule has 0 aromatic heterocycles. The van der Waals surface area contributed by atoms with Gasteiger partial charge in [-0.25, -0.2) is 4.79 Å². The van der Waals surface area contributed by atoms with Crippen molar-refractivity contribution in [2.45, 2.75) is 53.6 Å². The van der Waals surface area contributed by atoms with Crippen molar-refractivity contribution in [3.63, 3.8) is 0 Å². The molecule has 3 amide bonds. The zero-order valence-electron chi connectivity index (χ0n) is 17.8. The van der Waals surface area contributed by atoms with Crippen LogP contribution in [0.2, 0.25) is 0 Å². The van der Waals surface area contributed by atoms with Crippen LogP contribution in [0.4, 0.5) is 4.79 Å². The van der Waals surface area contributed by atoms with Crippen LogP contribution < -0.4 is 5.32 Å². The molecule has 1 aromatic rings. The minimum Gasteiger partial charge on any atom is -0.330 e. The van der Waals surface area contributed by atoms with E-state index < -0.39 is 6.04 Å². The zero-order chi connectivity index (χ0) is 20.7. The maximum atomic E-state index is 13.5. The van der Waals surface area contributed by atoms with Gasteiger partial charge < -0.3 is 10.2 Å². The van der Waals surface area contributed by atoms with Gasteiger partial charge in [-0.3, -0.25) is 9.69 Å². The summed E-state index contributed by atoms with van der Waals surface area (Å²) in [5, 5.41) is 3.08. The van der Waals surface area contributed by atoms with Crippen LogP contribution in [-0.2, 0) is 4.79 Å². The molecule has 2 aliphatic heterocycles. The summed E-state index contributed by atoms with van der Waals surface area (Å²) in [5.41, 5.74) is 5.95. The number of aryl methyl sites for hydroxylation is 3. The number of hydrogen-bond acceptors (Lipinski definition) is 2. The molecule has 0 bridgehead atoms. The van der Waals surface area contributed by atoms with E-state index in [1.54, 1.807) is 11.0 Å². The summed E-state index contributed by atoms with van der Waals surface area (Å²) in [6.07, 6.45) is 1.70. The van der Waals surface area contributed by atoms with Gasteiger partial charge in [-0.05, 0) is 55.9 Å². The second-order valence-electron chi connectivity index (χ2n) is 8.35. The van der Waals surface area contributed by atoms with E-state index in [9.17, 15) is 9.59 Å². The van der Waals surface area contributed by atoms with E-state index in [1.807, 2.05) is 11.8 Å². The van der Waals surface area contributed by atoms with Gasteiger partial charge in [-0.15, -0.1) is 6.58 Å². The van der Waals surface area contributed by atoms with Gasteiger partial charge in [0, 0.05) is 12.6 Å². The first-order valence-electron chi connectivity index (χ1n) is 9.98. The van der Waals surface area contributed by atoms with E-state index >= 15 is 0 Å². The summed E-state index contributed by atoms with van der Waals surface area (Å²) < 4.78 is 0. The first-order chi connectivity index (χ1) is 13.2. The standard InChI is InChI=1S/C23H31N3O2/c1-8-9-25-19-12-26(17(7)13(2)3)22(27)20(19)21(24-23(25)28)18-11-15(5)14(4)10-16(18)6/h8,10-11,13,17,21H,1,9,12H2,2-7H3,(H,24,28). The summed E-state index contributed by atoms with van der Waals surface area (Å²) >= 11 is 0. The van der Waals surface area contributed by atoms with E-state index in [0.29, 0.717) is 24.6 Å². The van der Waals surface area contributed by atoms with Crippen LogP contribution in [0, 0.1) is 26.7 Å². The van der Waals surface area contributed by atoms with Gasteiger partial charge in [0.1, 0.15) is 0 Å². The Kier molecular flexibility index (Phi) is 5.37. The lowest BCUT2D eigenvalue weighted by Crippen LogP contribution is -2.47. The van der Waals surface area contributed by atoms with Crippen molar-refractivity contribution >= 4 is 11.9 Å². The fourth-order valence-electron chi connectivity index (χ4n) is 4.05. The molecule has 28 heavy (non-hydrogen) atoms. The van der Waals surface area contributed by atoms with Gasteiger partial charge in [0.05, 0.1) is 23.9 Å². The monoisotopic (exact) mass is 381 g/mol. The van der Waals surface area contributed by atoms with E-state index in [4.69, 9.17) is 0 Å². The summed E-state index contributed by atoms with van der Waals surface area (Å²) in [4.78, 5) is 29.9. The predicted molar refractivity (Wildman–Crippen MR) is 112 cm³/mol. The zero-order valence-corrected chi connectivity index (χ0v) is 17.8. The third-order valence-electron chi connectivity index (χ3n) is 6.21. The highest BCUT2D eigenvalue weighted by atomic mass is 16.2. The van der Waals surface area contributed by atoms with Crippen LogP contribution in [0.5, 0.6) is 0 Å². The predicted octanol–water partition coefficient (Wildman–Crippen LogP) is 4.00. The van der Waals surface area contributed by atoms with Crippen LogP contribution in [0.1, 0.15) is 49.1 Å². The molecular formula is C23H31N3O2. The summed E-state index contributed by atoms with van der Waals surface area (Å²) in [6.45, 7) is 17.1. The van der Waals surface area contributed by atoms with Crippen molar-refractivity contribution in [2.24, 2.45) is 5.92 Å². The molecule has 2 unspecified atom stereocenters. The molecule has 5 heteroatoms. The van der Waals surface area contributed by atoms with E-state index in [2.05, 4.69) is 58.6 Å². The Morgan fingerprint density at radius 1 is 1.14 bits per heavy atom. The minimum absolute atomic E-state index is 0.0212. The lowest BCUT2D eigenvalue weighted by atomic mass is 9.89. The van der Waals surface area contributed by atoms with Gasteiger partial charge in [0.15, 0.2) is 0 Å². The fraction of sp³-hybridized carbons (Fsp3) is 0.478. The SMILES string of the molecule is C=CCN1C(=O)NC(c2cc(C)c(C)cc2C)C2=C1CN(C(C)C(C)C)C2=O. The molecule has 150 valence electrons.